The molecule has 3 nitrogen and oxygen atoms in total. The number of ether oxygens (including phenoxy) is 1. The van der Waals surface area contributed by atoms with Gasteiger partial charge in [-0.2, -0.15) is 5.26 Å². The van der Waals surface area contributed by atoms with E-state index in [4.69, 9.17) is 10.00 Å². The average Bonchev–Trinajstić information content (AvgIpc) is 2.39. The minimum Gasteiger partial charge on any atom is -0.457 e. The van der Waals surface area contributed by atoms with Crippen LogP contribution in [0.15, 0.2) is 42.6 Å². The second kappa shape index (κ2) is 5.33. The first-order valence-electron chi connectivity index (χ1n) is 5.83. The summed E-state index contributed by atoms with van der Waals surface area (Å²) in [5.74, 6) is 1.86. The van der Waals surface area contributed by atoms with Crippen LogP contribution in [0.5, 0.6) is 11.5 Å². The van der Waals surface area contributed by atoms with E-state index < -0.39 is 0 Å². The Labute approximate surface area is 107 Å². The van der Waals surface area contributed by atoms with Gasteiger partial charge in [0.2, 0.25) is 0 Å². The van der Waals surface area contributed by atoms with Crippen LogP contribution >= 0.6 is 0 Å². The van der Waals surface area contributed by atoms with E-state index in [1.54, 1.807) is 18.3 Å². The van der Waals surface area contributed by atoms with Crippen molar-refractivity contribution in [3.63, 3.8) is 0 Å². The van der Waals surface area contributed by atoms with Gasteiger partial charge >= 0.3 is 0 Å². The quantitative estimate of drug-likeness (QED) is 0.815. The summed E-state index contributed by atoms with van der Waals surface area (Å²) in [6.45, 7) is 4.28. The maximum absolute atomic E-state index is 8.78. The van der Waals surface area contributed by atoms with E-state index in [2.05, 4.69) is 24.9 Å². The molecular weight excluding hydrogens is 224 g/mol. The van der Waals surface area contributed by atoms with Gasteiger partial charge in [0.05, 0.1) is 0 Å². The van der Waals surface area contributed by atoms with E-state index in [0.29, 0.717) is 17.4 Å². The van der Waals surface area contributed by atoms with Gasteiger partial charge in [-0.05, 0) is 29.7 Å². The lowest BCUT2D eigenvalue weighted by Crippen LogP contribution is -1.90. The van der Waals surface area contributed by atoms with E-state index in [0.717, 1.165) is 5.75 Å². The van der Waals surface area contributed by atoms with E-state index in [1.165, 1.54) is 5.56 Å². The highest BCUT2D eigenvalue weighted by molar-refractivity contribution is 5.36. The maximum Gasteiger partial charge on any atom is 0.144 e. The summed E-state index contributed by atoms with van der Waals surface area (Å²) in [6.07, 6.45) is 1.57. The Balaban J connectivity index is 2.23. The molecule has 0 fully saturated rings. The van der Waals surface area contributed by atoms with Crippen LogP contribution in [0.2, 0.25) is 0 Å². The summed E-state index contributed by atoms with van der Waals surface area (Å²) in [5, 5.41) is 8.78. The zero-order valence-electron chi connectivity index (χ0n) is 10.4. The Hall–Kier alpha value is -2.34. The highest BCUT2D eigenvalue weighted by atomic mass is 16.5. The van der Waals surface area contributed by atoms with Gasteiger partial charge in [0, 0.05) is 12.3 Å². The topological polar surface area (TPSA) is 45.9 Å². The summed E-state index contributed by atoms with van der Waals surface area (Å²) in [4.78, 5) is 3.90. The molecule has 0 spiro atoms. The first-order chi connectivity index (χ1) is 8.69. The molecule has 0 bridgehead atoms. The molecule has 0 saturated carbocycles. The normalized spacial score (nSPS) is 10.1. The predicted octanol–water partition coefficient (Wildman–Crippen LogP) is 3.87. The van der Waals surface area contributed by atoms with Gasteiger partial charge in [-0.25, -0.2) is 4.98 Å². The van der Waals surface area contributed by atoms with Crippen LogP contribution in [0, 0.1) is 11.3 Å². The van der Waals surface area contributed by atoms with Gasteiger partial charge in [-0.15, -0.1) is 0 Å². The number of benzene rings is 1. The minimum absolute atomic E-state index is 0.354. The number of hydrogen-bond donors (Lipinski definition) is 0. The molecule has 0 saturated heterocycles. The molecule has 3 heteroatoms. The number of aromatic nitrogens is 1. The lowest BCUT2D eigenvalue weighted by atomic mass is 10.0. The van der Waals surface area contributed by atoms with E-state index >= 15 is 0 Å². The van der Waals surface area contributed by atoms with Crippen molar-refractivity contribution in [2.45, 2.75) is 19.8 Å². The standard InChI is InChI=1S/C15H14N2O/c1-11(2)12-4-3-5-14(8-12)18-15-6-7-17-13(9-15)10-16/h3-9,11H,1-2H3. The van der Waals surface area contributed by atoms with Crippen molar-refractivity contribution in [3.8, 4) is 17.6 Å². The van der Waals surface area contributed by atoms with Gasteiger partial charge in [0.25, 0.3) is 0 Å². The molecule has 0 aliphatic carbocycles. The van der Waals surface area contributed by atoms with Crippen molar-refractivity contribution in [1.82, 2.24) is 4.98 Å². The zero-order chi connectivity index (χ0) is 13.0. The fraction of sp³-hybridized carbons (Fsp3) is 0.200. The summed E-state index contributed by atoms with van der Waals surface area (Å²) in [5.41, 5.74) is 1.58. The Morgan fingerprint density at radius 3 is 2.67 bits per heavy atom. The molecule has 1 aromatic carbocycles. The Bertz CT molecular complexity index is 585. The minimum atomic E-state index is 0.354. The predicted molar refractivity (Wildman–Crippen MR) is 69.6 cm³/mol. The van der Waals surface area contributed by atoms with Crippen molar-refractivity contribution in [2.24, 2.45) is 0 Å². The number of nitrogens with zero attached hydrogens (tertiary/aromatic N) is 2. The van der Waals surface area contributed by atoms with Crippen molar-refractivity contribution in [1.29, 1.82) is 5.26 Å². The molecule has 0 radical (unpaired) electrons. The molecule has 2 aromatic rings. The van der Waals surface area contributed by atoms with Crippen LogP contribution in [-0.2, 0) is 0 Å². The smallest absolute Gasteiger partial charge is 0.144 e. The second-order valence-electron chi connectivity index (χ2n) is 4.32. The van der Waals surface area contributed by atoms with Crippen LogP contribution in [0.3, 0.4) is 0 Å². The number of rotatable bonds is 3. The van der Waals surface area contributed by atoms with Gasteiger partial charge in [0.15, 0.2) is 0 Å². The fourth-order valence-corrected chi connectivity index (χ4v) is 1.61. The SMILES string of the molecule is CC(C)c1cccc(Oc2ccnc(C#N)c2)c1. The first kappa shape index (κ1) is 12.1. The highest BCUT2D eigenvalue weighted by Crippen LogP contribution is 2.25. The van der Waals surface area contributed by atoms with Crippen molar-refractivity contribution in [3.05, 3.63) is 53.9 Å². The van der Waals surface area contributed by atoms with Crippen LogP contribution < -0.4 is 4.74 Å². The molecule has 0 aliphatic rings. The molecule has 90 valence electrons. The van der Waals surface area contributed by atoms with Crippen molar-refractivity contribution < 1.29 is 4.74 Å². The zero-order valence-corrected chi connectivity index (χ0v) is 10.4. The molecule has 0 N–H and O–H groups in total. The lowest BCUT2D eigenvalue weighted by molar-refractivity contribution is 0.480. The molecule has 0 atom stereocenters. The largest absolute Gasteiger partial charge is 0.457 e. The fourth-order valence-electron chi connectivity index (χ4n) is 1.61. The Morgan fingerprint density at radius 2 is 1.94 bits per heavy atom. The van der Waals surface area contributed by atoms with Crippen LogP contribution in [-0.4, -0.2) is 4.98 Å². The Morgan fingerprint density at radius 1 is 1.17 bits per heavy atom. The summed E-state index contributed by atoms with van der Waals surface area (Å²) >= 11 is 0. The van der Waals surface area contributed by atoms with Gasteiger partial charge in [-0.1, -0.05) is 26.0 Å². The molecule has 0 unspecified atom stereocenters. The highest BCUT2D eigenvalue weighted by Gasteiger charge is 2.03. The maximum atomic E-state index is 8.78. The number of hydrogen-bond acceptors (Lipinski definition) is 3. The van der Waals surface area contributed by atoms with Crippen LogP contribution in [0.25, 0.3) is 0 Å². The van der Waals surface area contributed by atoms with Crippen LogP contribution in [0.4, 0.5) is 0 Å². The lowest BCUT2D eigenvalue weighted by Gasteiger charge is -2.09. The van der Waals surface area contributed by atoms with Gasteiger partial charge in [0.1, 0.15) is 23.3 Å². The number of pyridine rings is 1. The summed E-state index contributed by atoms with van der Waals surface area (Å²) in [7, 11) is 0. The summed E-state index contributed by atoms with van der Waals surface area (Å²) < 4.78 is 5.72. The van der Waals surface area contributed by atoms with Crippen molar-refractivity contribution >= 4 is 0 Å². The van der Waals surface area contributed by atoms with Gasteiger partial charge in [-0.3, -0.25) is 0 Å². The summed E-state index contributed by atoms with van der Waals surface area (Å²) in [6, 6.07) is 13.3. The third-order valence-electron chi connectivity index (χ3n) is 2.61. The number of nitriles is 1. The molecule has 0 aliphatic heterocycles. The monoisotopic (exact) mass is 238 g/mol. The molecule has 0 amide bonds. The van der Waals surface area contributed by atoms with E-state index in [-0.39, 0.29) is 0 Å². The van der Waals surface area contributed by atoms with Crippen LogP contribution in [0.1, 0.15) is 31.0 Å². The Kier molecular flexibility index (Phi) is 3.59. The third-order valence-corrected chi connectivity index (χ3v) is 2.61. The molecule has 1 heterocycles. The van der Waals surface area contributed by atoms with E-state index in [1.807, 2.05) is 24.3 Å². The third kappa shape index (κ3) is 2.86. The average molecular weight is 238 g/mol. The second-order valence-corrected chi connectivity index (χ2v) is 4.32. The van der Waals surface area contributed by atoms with Crippen molar-refractivity contribution in [2.75, 3.05) is 0 Å². The van der Waals surface area contributed by atoms with E-state index in [9.17, 15) is 0 Å². The molecule has 1 aromatic heterocycles. The molecule has 18 heavy (non-hydrogen) atoms. The molecular formula is C15H14N2O. The first-order valence-corrected chi connectivity index (χ1v) is 5.83. The van der Waals surface area contributed by atoms with Gasteiger partial charge < -0.3 is 4.74 Å². The molecule has 2 rings (SSSR count).